The lowest BCUT2D eigenvalue weighted by Crippen LogP contribution is -2.11. The minimum Gasteiger partial charge on any atom is -0.329 e. The van der Waals surface area contributed by atoms with E-state index >= 15 is 0 Å². The summed E-state index contributed by atoms with van der Waals surface area (Å²) in [6.07, 6.45) is 0. The zero-order valence-corrected chi connectivity index (χ0v) is 17.1. The van der Waals surface area contributed by atoms with Crippen LogP contribution in [0.5, 0.6) is 0 Å². The second-order valence-corrected chi connectivity index (χ2v) is 10.6. The van der Waals surface area contributed by atoms with Gasteiger partial charge in [-0.15, -0.1) is 0 Å². The predicted molar refractivity (Wildman–Crippen MR) is 90.0 cm³/mol. The second-order valence-electron chi connectivity index (χ2n) is 3.92. The molecule has 0 aliphatic rings. The van der Waals surface area contributed by atoms with Gasteiger partial charge in [0.15, 0.2) is 0 Å². The van der Waals surface area contributed by atoms with E-state index in [1.54, 1.807) is 0 Å². The van der Waals surface area contributed by atoms with Crippen LogP contribution in [0.25, 0.3) is 0 Å². The fraction of sp³-hybridized carbons (Fsp3) is 1.00. The van der Waals surface area contributed by atoms with Crippen molar-refractivity contribution >= 4 is 30.4 Å². The van der Waals surface area contributed by atoms with Crippen LogP contribution in [-0.2, 0) is 18.3 Å². The van der Waals surface area contributed by atoms with Crippen LogP contribution in [0.3, 0.4) is 0 Å². The van der Waals surface area contributed by atoms with E-state index in [0.717, 1.165) is 26.7 Å². The van der Waals surface area contributed by atoms with Crippen molar-refractivity contribution in [2.45, 2.75) is 0 Å². The molecule has 0 heterocycles. The summed E-state index contributed by atoms with van der Waals surface area (Å²) in [4.78, 5) is 61.1. The maximum Gasteiger partial charge on any atom is 0.322 e. The van der Waals surface area contributed by atoms with Crippen molar-refractivity contribution in [3.63, 3.8) is 0 Å². The second kappa shape index (κ2) is 17.0. The first-order valence-corrected chi connectivity index (χ1v) is 13.7. The van der Waals surface area contributed by atoms with Crippen molar-refractivity contribution in [3.05, 3.63) is 0 Å². The van der Waals surface area contributed by atoms with Gasteiger partial charge in [-0.05, 0) is 0 Å². The average molecular weight is 444 g/mol. The van der Waals surface area contributed by atoms with Gasteiger partial charge in [-0.25, -0.2) is 0 Å². The molecule has 14 nitrogen and oxygen atoms in total. The van der Waals surface area contributed by atoms with Gasteiger partial charge in [0.2, 0.25) is 0 Å². The van der Waals surface area contributed by atoms with Crippen LogP contribution < -0.4 is 11.5 Å². The lowest BCUT2D eigenvalue weighted by atomic mass is 10.7. The number of nitrogens with two attached hydrogens (primary N) is 2. The molecule has 0 saturated carbocycles. The first-order valence-electron chi connectivity index (χ1n) is 5.44. The number of hydrogen-bond donors (Lipinski definition) is 10. The van der Waals surface area contributed by atoms with E-state index in [2.05, 4.69) is 0 Å². The van der Waals surface area contributed by atoms with Gasteiger partial charge in [0, 0.05) is 39.7 Å². The van der Waals surface area contributed by atoms with Crippen molar-refractivity contribution in [2.75, 3.05) is 39.7 Å². The van der Waals surface area contributed by atoms with E-state index in [-0.39, 0.29) is 0 Å². The minimum absolute atomic E-state index is 0.597. The van der Waals surface area contributed by atoms with Crippen LogP contribution in [0, 0.1) is 0 Å². The summed E-state index contributed by atoms with van der Waals surface area (Å²) in [6.45, 7) is 4.61. The standard InChI is InChI=1S/C2H8N2.4CH5O3P/c3-1-2-4;4*1-5(2,3)4/h1-4H2;4*1H3,(H2,2,3,4). The van der Waals surface area contributed by atoms with Gasteiger partial charge in [0.1, 0.15) is 0 Å². The largest absolute Gasteiger partial charge is 0.329 e. The molecule has 0 bridgehead atoms. The third-order valence-electron chi connectivity index (χ3n) is 0.167. The molecule has 0 radical (unpaired) electrons. The minimum atomic E-state index is -3.64. The van der Waals surface area contributed by atoms with E-state index in [9.17, 15) is 18.3 Å². The van der Waals surface area contributed by atoms with Gasteiger partial charge in [-0.2, -0.15) is 0 Å². The van der Waals surface area contributed by atoms with Gasteiger partial charge >= 0.3 is 30.4 Å². The van der Waals surface area contributed by atoms with E-state index in [1.807, 2.05) is 0 Å². The quantitative estimate of drug-likeness (QED) is 0.197. The first kappa shape index (κ1) is 35.6. The Morgan fingerprint density at radius 1 is 0.500 bits per heavy atom. The molecule has 0 rings (SSSR count). The van der Waals surface area contributed by atoms with Crippen LogP contribution >= 0.6 is 30.4 Å². The van der Waals surface area contributed by atoms with E-state index in [0.29, 0.717) is 13.1 Å². The Morgan fingerprint density at radius 2 is 0.542 bits per heavy atom. The highest BCUT2D eigenvalue weighted by Crippen LogP contribution is 2.27. The van der Waals surface area contributed by atoms with Crippen molar-refractivity contribution in [2.24, 2.45) is 11.5 Å². The summed E-state index contributed by atoms with van der Waals surface area (Å²) in [5, 5.41) is 0. The molecule has 0 fully saturated rings. The van der Waals surface area contributed by atoms with Crippen LogP contribution in [0.1, 0.15) is 0 Å². The molecular weight excluding hydrogens is 416 g/mol. The van der Waals surface area contributed by atoms with Crippen LogP contribution in [0.2, 0.25) is 0 Å². The van der Waals surface area contributed by atoms with Crippen LogP contribution in [0.4, 0.5) is 0 Å². The summed E-state index contributed by atoms with van der Waals surface area (Å²) in [5.41, 5.74) is 9.81. The number of hydrogen-bond acceptors (Lipinski definition) is 6. The molecule has 0 aromatic rings. The van der Waals surface area contributed by atoms with Gasteiger partial charge in [0.25, 0.3) is 0 Å². The Morgan fingerprint density at radius 3 is 0.542 bits per heavy atom. The normalized spacial score (nSPS) is 11.1. The molecule has 0 unspecified atom stereocenters. The number of rotatable bonds is 1. The molecule has 0 aromatic carbocycles. The maximum absolute atomic E-state index is 9.33. The SMILES string of the molecule is CP(=O)(O)O.CP(=O)(O)O.CP(=O)(O)O.CP(=O)(O)O.NCCN. The molecule has 0 atom stereocenters. The maximum atomic E-state index is 9.33. The third-order valence-corrected chi connectivity index (χ3v) is 0.167. The predicted octanol–water partition coefficient (Wildman–Crippen LogP) is -1.92. The van der Waals surface area contributed by atoms with Crippen LogP contribution in [0.15, 0.2) is 0 Å². The molecule has 154 valence electrons. The molecule has 0 aliphatic heterocycles. The van der Waals surface area contributed by atoms with Gasteiger partial charge in [0.05, 0.1) is 0 Å². The highest BCUT2D eigenvalue weighted by molar-refractivity contribution is 7.51. The smallest absolute Gasteiger partial charge is 0.322 e. The Kier molecular flexibility index (Phi) is 25.2. The summed E-state index contributed by atoms with van der Waals surface area (Å²) in [5.74, 6) is 0. The van der Waals surface area contributed by atoms with E-state index < -0.39 is 30.4 Å². The third kappa shape index (κ3) is 4510. The fourth-order valence-electron chi connectivity index (χ4n) is 0. The molecule has 0 spiro atoms. The molecule has 24 heavy (non-hydrogen) atoms. The fourth-order valence-corrected chi connectivity index (χ4v) is 0. The van der Waals surface area contributed by atoms with Crippen molar-refractivity contribution in [1.82, 2.24) is 0 Å². The Bertz CT molecular complexity index is 331. The van der Waals surface area contributed by atoms with Crippen molar-refractivity contribution in [3.8, 4) is 0 Å². The summed E-state index contributed by atoms with van der Waals surface area (Å²) < 4.78 is 37.3. The van der Waals surface area contributed by atoms with E-state index in [1.165, 1.54) is 0 Å². The monoisotopic (exact) mass is 444 g/mol. The summed E-state index contributed by atoms with van der Waals surface area (Å²) >= 11 is 0. The molecule has 0 amide bonds. The van der Waals surface area contributed by atoms with Gasteiger partial charge < -0.3 is 50.6 Å². The molecule has 18 heteroatoms. The zero-order chi connectivity index (χ0) is 21.4. The summed E-state index contributed by atoms with van der Waals surface area (Å²) in [7, 11) is -14.6. The van der Waals surface area contributed by atoms with Gasteiger partial charge in [-0.3, -0.25) is 18.3 Å². The molecule has 0 aliphatic carbocycles. The zero-order valence-electron chi connectivity index (χ0n) is 13.6. The molecule has 12 N–H and O–H groups in total. The average Bonchev–Trinajstić information content (AvgIpc) is 2.05. The highest BCUT2D eigenvalue weighted by atomic mass is 31.2. The molecule has 0 saturated heterocycles. The Balaban J connectivity index is -0.0000000628. The topological polar surface area (TPSA) is 282 Å². The van der Waals surface area contributed by atoms with E-state index in [4.69, 9.17) is 50.6 Å². The van der Waals surface area contributed by atoms with Crippen molar-refractivity contribution in [1.29, 1.82) is 0 Å². The first-order chi connectivity index (χ1) is 9.91. The Labute approximate surface area is 139 Å². The molecular formula is C6H28N2O12P4. The summed E-state index contributed by atoms with van der Waals surface area (Å²) in [6, 6.07) is 0. The van der Waals surface area contributed by atoms with Crippen LogP contribution in [-0.4, -0.2) is 78.9 Å². The highest BCUT2D eigenvalue weighted by Gasteiger charge is 1.96. The lowest BCUT2D eigenvalue weighted by Gasteiger charge is -1.84. The molecule has 0 aromatic heterocycles. The van der Waals surface area contributed by atoms with Gasteiger partial charge in [-0.1, -0.05) is 0 Å². The lowest BCUT2D eigenvalue weighted by molar-refractivity contribution is 0.379. The van der Waals surface area contributed by atoms with Crippen molar-refractivity contribution < 1.29 is 57.4 Å². The Hall–Kier alpha value is 0.520.